The van der Waals surface area contributed by atoms with Crippen molar-refractivity contribution in [1.29, 1.82) is 5.26 Å². The number of rotatable bonds is 11. The Hall–Kier alpha value is -4.31. The van der Waals surface area contributed by atoms with E-state index in [0.29, 0.717) is 39.5 Å². The third kappa shape index (κ3) is 5.72. The smallest absolute Gasteiger partial charge is 0.333 e. The maximum absolute atomic E-state index is 14.5. The van der Waals surface area contributed by atoms with Gasteiger partial charge in [-0.2, -0.15) is 5.26 Å². The van der Waals surface area contributed by atoms with Crippen LogP contribution in [-0.4, -0.2) is 43.2 Å². The van der Waals surface area contributed by atoms with Gasteiger partial charge in [0, 0.05) is 36.1 Å². The molecule has 1 amide bonds. The lowest BCUT2D eigenvalue weighted by atomic mass is 9.92. The maximum atomic E-state index is 14.5. The molecule has 1 aromatic carbocycles. The van der Waals surface area contributed by atoms with Crippen LogP contribution in [0.15, 0.2) is 40.2 Å². The molecule has 0 bridgehead atoms. The molecule has 3 aromatic heterocycles. The van der Waals surface area contributed by atoms with Crippen LogP contribution in [0.2, 0.25) is 0 Å². The van der Waals surface area contributed by atoms with Crippen LogP contribution in [0, 0.1) is 24.1 Å². The fraction of sp³-hybridized carbons (Fsp3) is 0.448. The van der Waals surface area contributed by atoms with Gasteiger partial charge in [0.1, 0.15) is 26.9 Å². The molecule has 222 valence electrons. The van der Waals surface area contributed by atoms with Crippen molar-refractivity contribution in [3.8, 4) is 16.8 Å². The van der Waals surface area contributed by atoms with Crippen molar-refractivity contribution in [1.82, 2.24) is 29.4 Å². The van der Waals surface area contributed by atoms with Crippen molar-refractivity contribution in [3.05, 3.63) is 68.4 Å². The molecule has 0 unspecified atom stereocenters. The van der Waals surface area contributed by atoms with E-state index < -0.39 is 34.4 Å². The fourth-order valence-electron chi connectivity index (χ4n) is 5.08. The molecule has 0 aliphatic carbocycles. The summed E-state index contributed by atoms with van der Waals surface area (Å²) in [4.78, 5) is 42.1. The van der Waals surface area contributed by atoms with Gasteiger partial charge in [-0.05, 0) is 65.7 Å². The molecule has 0 spiro atoms. The molecule has 0 saturated heterocycles. The predicted octanol–water partition coefficient (Wildman–Crippen LogP) is 4.00. The second-order valence-corrected chi connectivity index (χ2v) is 11.9. The van der Waals surface area contributed by atoms with E-state index in [1.165, 1.54) is 65.9 Å². The first-order valence-corrected chi connectivity index (χ1v) is 14.4. The normalized spacial score (nSPS) is 12.5. The lowest BCUT2D eigenvalue weighted by Crippen LogP contribution is -2.56. The molecule has 0 aliphatic heterocycles. The zero-order chi connectivity index (χ0) is 30.8. The third-order valence-electron chi connectivity index (χ3n) is 7.23. The Morgan fingerprint density at radius 1 is 1.29 bits per heavy atom. The summed E-state index contributed by atoms with van der Waals surface area (Å²) in [5.74, 6) is -0.964. The second kappa shape index (κ2) is 12.3. The van der Waals surface area contributed by atoms with E-state index in [2.05, 4.69) is 21.7 Å². The minimum Gasteiger partial charge on any atom is -0.496 e. The Morgan fingerprint density at radius 2 is 2.02 bits per heavy atom. The molecule has 42 heavy (non-hydrogen) atoms. The van der Waals surface area contributed by atoms with Crippen LogP contribution in [0.25, 0.3) is 15.2 Å². The van der Waals surface area contributed by atoms with Gasteiger partial charge in [-0.3, -0.25) is 14.2 Å². The number of thiophene rings is 1. The summed E-state index contributed by atoms with van der Waals surface area (Å²) in [6.45, 7) is 8.46. The monoisotopic (exact) mass is 595 g/mol. The van der Waals surface area contributed by atoms with E-state index in [-0.39, 0.29) is 24.4 Å². The molecule has 4 rings (SSSR count). The number of nitrogens with one attached hydrogen (secondary N) is 1. The summed E-state index contributed by atoms with van der Waals surface area (Å²) < 4.78 is 24.0. The zero-order valence-corrected chi connectivity index (χ0v) is 25.3. The SMILES string of the molecule is COc1ccc(F)cc1[C@@H](CCCC#N)Cn1c(=O)n(C(C)(C)C(=O)NC(C)C)c(=O)c2c(C)c(-n3ccnn3)sc21. The number of aryl methyl sites for hydroxylation is 1. The Bertz CT molecular complexity index is 1760. The Balaban J connectivity index is 2.03. The summed E-state index contributed by atoms with van der Waals surface area (Å²) in [7, 11) is 1.48. The van der Waals surface area contributed by atoms with E-state index in [1.807, 2.05) is 0 Å². The van der Waals surface area contributed by atoms with Gasteiger partial charge in [0.25, 0.3) is 5.56 Å². The van der Waals surface area contributed by atoms with Crippen LogP contribution in [0.5, 0.6) is 5.75 Å². The van der Waals surface area contributed by atoms with Crippen molar-refractivity contribution in [2.75, 3.05) is 7.11 Å². The van der Waals surface area contributed by atoms with Crippen molar-refractivity contribution >= 4 is 27.5 Å². The number of hydrogen-bond acceptors (Lipinski definition) is 8. The van der Waals surface area contributed by atoms with Gasteiger partial charge in [0.15, 0.2) is 0 Å². The van der Waals surface area contributed by atoms with Gasteiger partial charge < -0.3 is 10.1 Å². The molecular formula is C29H34FN7O4S. The minimum atomic E-state index is -1.54. The molecule has 0 aliphatic rings. The number of unbranched alkanes of at least 4 members (excludes halogenated alkanes) is 1. The van der Waals surface area contributed by atoms with Gasteiger partial charge in [-0.15, -0.1) is 5.10 Å². The Labute approximate surface area is 246 Å². The van der Waals surface area contributed by atoms with E-state index in [9.17, 15) is 24.0 Å². The van der Waals surface area contributed by atoms with Crippen LogP contribution < -0.4 is 21.3 Å². The first-order chi connectivity index (χ1) is 19.9. The number of aromatic nitrogens is 5. The number of carbonyl (C=O) groups is 1. The molecule has 3 heterocycles. The van der Waals surface area contributed by atoms with E-state index in [1.54, 1.807) is 27.0 Å². The van der Waals surface area contributed by atoms with Crippen molar-refractivity contribution < 1.29 is 13.9 Å². The predicted molar refractivity (Wildman–Crippen MR) is 158 cm³/mol. The highest BCUT2D eigenvalue weighted by atomic mass is 32.1. The van der Waals surface area contributed by atoms with Gasteiger partial charge in [0.05, 0.1) is 31.0 Å². The maximum Gasteiger partial charge on any atom is 0.333 e. The lowest BCUT2D eigenvalue weighted by molar-refractivity contribution is -0.129. The number of nitriles is 1. The van der Waals surface area contributed by atoms with E-state index in [4.69, 9.17) is 4.74 Å². The molecular weight excluding hydrogens is 561 g/mol. The number of carbonyl (C=O) groups excluding carboxylic acids is 1. The number of hydrogen-bond donors (Lipinski definition) is 1. The van der Waals surface area contributed by atoms with Crippen molar-refractivity contribution in [2.24, 2.45) is 0 Å². The molecule has 11 nitrogen and oxygen atoms in total. The van der Waals surface area contributed by atoms with Gasteiger partial charge in [-0.1, -0.05) is 16.6 Å². The average molecular weight is 596 g/mol. The number of benzene rings is 1. The van der Waals surface area contributed by atoms with Crippen molar-refractivity contribution in [2.45, 2.75) is 77.9 Å². The van der Waals surface area contributed by atoms with Crippen molar-refractivity contribution in [3.63, 3.8) is 0 Å². The fourth-order valence-corrected chi connectivity index (χ4v) is 6.32. The third-order valence-corrected chi connectivity index (χ3v) is 8.53. The zero-order valence-electron chi connectivity index (χ0n) is 24.5. The molecule has 0 fully saturated rings. The summed E-state index contributed by atoms with van der Waals surface area (Å²) in [6, 6.07) is 6.11. The number of fused-ring (bicyclic) bond motifs is 1. The van der Waals surface area contributed by atoms with Gasteiger partial charge in [0.2, 0.25) is 5.91 Å². The lowest BCUT2D eigenvalue weighted by Gasteiger charge is -2.28. The Kier molecular flexibility index (Phi) is 8.96. The highest BCUT2D eigenvalue weighted by Crippen LogP contribution is 2.35. The quantitative estimate of drug-likeness (QED) is 0.259. The van der Waals surface area contributed by atoms with Crippen LogP contribution in [0.1, 0.15) is 64.0 Å². The molecule has 0 saturated carbocycles. The highest BCUT2D eigenvalue weighted by Gasteiger charge is 2.36. The van der Waals surface area contributed by atoms with Crippen LogP contribution in [0.3, 0.4) is 0 Å². The number of methoxy groups -OCH3 is 1. The van der Waals surface area contributed by atoms with Crippen LogP contribution in [-0.2, 0) is 16.9 Å². The first kappa shape index (κ1) is 30.6. The van der Waals surface area contributed by atoms with Gasteiger partial charge in [-0.25, -0.2) is 18.4 Å². The van der Waals surface area contributed by atoms with Crippen LogP contribution in [0.4, 0.5) is 4.39 Å². The number of nitrogens with zero attached hydrogens (tertiary/aromatic N) is 6. The number of halogens is 1. The second-order valence-electron chi connectivity index (χ2n) is 10.9. The Morgan fingerprint density at radius 3 is 2.64 bits per heavy atom. The standard InChI is InChI=1S/C29H34FN7O4S/c1-17(2)33-27(39)29(4,5)37-24(38)23-18(3)25(36-14-13-32-34-36)42-26(23)35(28(37)40)16-19(9-7-8-12-31)21-15-20(30)10-11-22(21)41-6/h10-11,13-15,17,19H,7-9,16H2,1-6H3,(H,33,39)/t19-/m0/s1. The van der Waals surface area contributed by atoms with E-state index in [0.717, 1.165) is 4.57 Å². The summed E-state index contributed by atoms with van der Waals surface area (Å²) in [5.41, 5.74) is -1.70. The summed E-state index contributed by atoms with van der Waals surface area (Å²) in [5, 5.41) is 20.8. The first-order valence-electron chi connectivity index (χ1n) is 13.6. The molecule has 0 radical (unpaired) electrons. The minimum absolute atomic E-state index is 0.0412. The molecule has 4 aromatic rings. The summed E-state index contributed by atoms with van der Waals surface area (Å²) >= 11 is 1.21. The number of amides is 1. The number of ether oxygens (including phenoxy) is 1. The highest BCUT2D eigenvalue weighted by molar-refractivity contribution is 7.21. The topological polar surface area (TPSA) is 137 Å². The van der Waals surface area contributed by atoms with Crippen LogP contribution >= 0.6 is 11.3 Å². The summed E-state index contributed by atoms with van der Waals surface area (Å²) in [6.07, 6.45) is 4.36. The van der Waals surface area contributed by atoms with E-state index >= 15 is 0 Å². The molecule has 1 atom stereocenters. The molecule has 1 N–H and O–H groups in total. The average Bonchev–Trinajstić information content (AvgIpc) is 3.58. The molecule has 13 heteroatoms. The van der Waals surface area contributed by atoms with Gasteiger partial charge >= 0.3 is 5.69 Å². The largest absolute Gasteiger partial charge is 0.496 e.